The molecule has 1 saturated carbocycles. The number of nitrogens with one attached hydrogen (secondary N) is 3. The van der Waals surface area contributed by atoms with Gasteiger partial charge in [0.05, 0.1) is 5.54 Å². The third-order valence-corrected chi connectivity index (χ3v) is 4.60. The average Bonchev–Trinajstić information content (AvgIpc) is 3.07. The van der Waals surface area contributed by atoms with Gasteiger partial charge in [0, 0.05) is 10.7 Å². The van der Waals surface area contributed by atoms with Crippen LogP contribution < -0.4 is 11.0 Å². The quantitative estimate of drug-likeness (QED) is 0.813. The van der Waals surface area contributed by atoms with Crippen molar-refractivity contribution in [3.8, 4) is 0 Å². The number of carbonyl (C=O) groups excluding carboxylic acids is 1. The zero-order valence-electron chi connectivity index (χ0n) is 12.3. The lowest BCUT2D eigenvalue weighted by Gasteiger charge is -2.31. The first-order valence-corrected chi connectivity index (χ1v) is 7.75. The van der Waals surface area contributed by atoms with E-state index in [2.05, 4.69) is 15.3 Å². The van der Waals surface area contributed by atoms with Crippen molar-refractivity contribution in [2.75, 3.05) is 0 Å². The molecule has 1 fully saturated rings. The van der Waals surface area contributed by atoms with E-state index >= 15 is 0 Å². The molecule has 1 aliphatic rings. The number of amides is 1. The van der Waals surface area contributed by atoms with Crippen molar-refractivity contribution < 1.29 is 4.79 Å². The fourth-order valence-corrected chi connectivity index (χ4v) is 3.34. The molecule has 1 heterocycles. The van der Waals surface area contributed by atoms with Gasteiger partial charge in [-0.3, -0.25) is 4.79 Å². The number of aromatic amines is 2. The summed E-state index contributed by atoms with van der Waals surface area (Å²) < 4.78 is 0. The monoisotopic (exact) mass is 319 g/mol. The Bertz CT molecular complexity index is 739. The molecule has 0 unspecified atom stereocenters. The maximum atomic E-state index is 12.6. The topological polar surface area (TPSA) is 77.8 Å². The van der Waals surface area contributed by atoms with Gasteiger partial charge in [-0.2, -0.15) is 0 Å². The summed E-state index contributed by atoms with van der Waals surface area (Å²) in [6, 6.07) is 7.60. The molecule has 1 aliphatic carbocycles. The molecule has 6 heteroatoms. The summed E-state index contributed by atoms with van der Waals surface area (Å²) in [5.41, 5.74) is 1.15. The highest BCUT2D eigenvalue weighted by Crippen LogP contribution is 2.39. The maximum absolute atomic E-state index is 12.6. The second kappa shape index (κ2) is 5.65. The molecule has 3 N–H and O–H groups in total. The van der Waals surface area contributed by atoms with E-state index in [0.717, 1.165) is 31.2 Å². The van der Waals surface area contributed by atoms with Crippen LogP contribution >= 0.6 is 11.6 Å². The lowest BCUT2D eigenvalue weighted by atomic mass is 9.88. The largest absolute Gasteiger partial charge is 0.341 e. The number of imidazole rings is 1. The van der Waals surface area contributed by atoms with Crippen LogP contribution in [0.2, 0.25) is 5.02 Å². The minimum absolute atomic E-state index is 0.257. The minimum Gasteiger partial charge on any atom is -0.341 e. The zero-order valence-corrected chi connectivity index (χ0v) is 13.1. The van der Waals surface area contributed by atoms with Crippen LogP contribution in [0.1, 0.15) is 47.4 Å². The van der Waals surface area contributed by atoms with Crippen molar-refractivity contribution >= 4 is 17.5 Å². The molecule has 22 heavy (non-hydrogen) atoms. The van der Waals surface area contributed by atoms with E-state index in [1.165, 1.54) is 0 Å². The fraction of sp³-hybridized carbons (Fsp3) is 0.375. The summed E-state index contributed by atoms with van der Waals surface area (Å²) in [5, 5.41) is 3.80. The number of hydrogen-bond acceptors (Lipinski definition) is 2. The third-order valence-electron chi connectivity index (χ3n) is 4.35. The van der Waals surface area contributed by atoms with E-state index in [0.29, 0.717) is 16.4 Å². The Kier molecular flexibility index (Phi) is 3.83. The lowest BCUT2D eigenvalue weighted by molar-refractivity contribution is 0.0892. The van der Waals surface area contributed by atoms with Gasteiger partial charge < -0.3 is 15.3 Å². The van der Waals surface area contributed by atoms with Crippen LogP contribution in [0.4, 0.5) is 0 Å². The minimum atomic E-state index is -0.387. The zero-order chi connectivity index (χ0) is 15.7. The van der Waals surface area contributed by atoms with Crippen molar-refractivity contribution in [1.29, 1.82) is 0 Å². The molecule has 1 amide bonds. The molecule has 0 saturated heterocycles. The van der Waals surface area contributed by atoms with E-state index in [1.54, 1.807) is 6.92 Å². The smallest absolute Gasteiger partial charge is 0.323 e. The van der Waals surface area contributed by atoms with Gasteiger partial charge in [-0.05, 0) is 37.5 Å². The predicted molar refractivity (Wildman–Crippen MR) is 85.2 cm³/mol. The SMILES string of the molecule is Cc1[nH]c(=O)[nH]c1C(=O)NC1(c2ccc(Cl)cc2)CCCC1. The van der Waals surface area contributed by atoms with Gasteiger partial charge in [-0.15, -0.1) is 0 Å². The highest BCUT2D eigenvalue weighted by Gasteiger charge is 2.37. The van der Waals surface area contributed by atoms with Gasteiger partial charge in [0.25, 0.3) is 5.91 Å². The van der Waals surface area contributed by atoms with Gasteiger partial charge in [0.2, 0.25) is 0 Å². The van der Waals surface area contributed by atoms with Crippen LogP contribution in [0.5, 0.6) is 0 Å². The summed E-state index contributed by atoms with van der Waals surface area (Å²) in [5.74, 6) is -0.257. The first-order valence-electron chi connectivity index (χ1n) is 7.38. The number of benzene rings is 1. The molecule has 0 radical (unpaired) electrons. The number of hydrogen-bond donors (Lipinski definition) is 3. The van der Waals surface area contributed by atoms with E-state index < -0.39 is 0 Å². The molecule has 0 aliphatic heterocycles. The van der Waals surface area contributed by atoms with Crippen LogP contribution in [0, 0.1) is 6.92 Å². The van der Waals surface area contributed by atoms with Crippen molar-refractivity contribution in [3.63, 3.8) is 0 Å². The van der Waals surface area contributed by atoms with Gasteiger partial charge in [0.1, 0.15) is 5.69 Å². The van der Waals surface area contributed by atoms with Crippen LogP contribution in [0.3, 0.4) is 0 Å². The summed E-state index contributed by atoms with van der Waals surface area (Å²) >= 11 is 5.96. The Balaban J connectivity index is 1.92. The Morgan fingerprint density at radius 2 is 1.82 bits per heavy atom. The average molecular weight is 320 g/mol. The molecule has 5 nitrogen and oxygen atoms in total. The van der Waals surface area contributed by atoms with Crippen LogP contribution in [-0.2, 0) is 5.54 Å². The highest BCUT2D eigenvalue weighted by molar-refractivity contribution is 6.30. The Labute approximate surface area is 133 Å². The molecular formula is C16H18ClN3O2. The second-order valence-corrected chi connectivity index (χ2v) is 6.27. The molecule has 2 aromatic rings. The normalized spacial score (nSPS) is 16.6. The van der Waals surface area contributed by atoms with Crippen molar-refractivity contribution in [2.24, 2.45) is 0 Å². The van der Waals surface area contributed by atoms with E-state index in [4.69, 9.17) is 11.6 Å². The standard InChI is InChI=1S/C16H18ClN3O2/c1-10-13(19-15(22)18-10)14(21)20-16(8-2-3-9-16)11-4-6-12(17)7-5-11/h4-7H,2-3,8-9H2,1H3,(H,20,21)(H2,18,19,22). The van der Waals surface area contributed by atoms with Crippen molar-refractivity contribution in [2.45, 2.75) is 38.1 Å². The molecule has 1 aromatic carbocycles. The predicted octanol–water partition coefficient (Wildman–Crippen LogP) is 2.86. The number of rotatable bonds is 3. The first kappa shape index (κ1) is 14.9. The van der Waals surface area contributed by atoms with Crippen molar-refractivity contribution in [1.82, 2.24) is 15.3 Å². The van der Waals surface area contributed by atoms with E-state index in [1.807, 2.05) is 24.3 Å². The van der Waals surface area contributed by atoms with Gasteiger partial charge in [-0.1, -0.05) is 36.6 Å². The molecule has 3 rings (SSSR count). The molecule has 0 atom stereocenters. The fourth-order valence-electron chi connectivity index (χ4n) is 3.21. The Hall–Kier alpha value is -2.01. The van der Waals surface area contributed by atoms with E-state index in [9.17, 15) is 9.59 Å². The summed E-state index contributed by atoms with van der Waals surface area (Å²) in [6.45, 7) is 1.70. The highest BCUT2D eigenvalue weighted by atomic mass is 35.5. The summed E-state index contributed by atoms with van der Waals surface area (Å²) in [4.78, 5) is 29.0. The number of aromatic nitrogens is 2. The molecule has 1 aromatic heterocycles. The number of H-pyrrole nitrogens is 2. The summed E-state index contributed by atoms with van der Waals surface area (Å²) in [7, 11) is 0. The Morgan fingerprint density at radius 3 is 2.36 bits per heavy atom. The lowest BCUT2D eigenvalue weighted by Crippen LogP contribution is -2.44. The van der Waals surface area contributed by atoms with Crippen molar-refractivity contribution in [3.05, 3.63) is 56.7 Å². The van der Waals surface area contributed by atoms with Crippen LogP contribution in [0.15, 0.2) is 29.1 Å². The van der Waals surface area contributed by atoms with Gasteiger partial charge in [-0.25, -0.2) is 4.79 Å². The Morgan fingerprint density at radius 1 is 1.18 bits per heavy atom. The first-order chi connectivity index (χ1) is 10.5. The molecular weight excluding hydrogens is 302 g/mol. The number of halogens is 1. The van der Waals surface area contributed by atoms with Gasteiger partial charge in [0.15, 0.2) is 0 Å². The van der Waals surface area contributed by atoms with E-state index in [-0.39, 0.29) is 17.1 Å². The maximum Gasteiger partial charge on any atom is 0.323 e. The van der Waals surface area contributed by atoms with Crippen LogP contribution in [-0.4, -0.2) is 15.9 Å². The third kappa shape index (κ3) is 2.68. The number of aryl methyl sites for hydroxylation is 1. The summed E-state index contributed by atoms with van der Waals surface area (Å²) in [6.07, 6.45) is 3.89. The molecule has 116 valence electrons. The van der Waals surface area contributed by atoms with Crippen LogP contribution in [0.25, 0.3) is 0 Å². The molecule has 0 bridgehead atoms. The van der Waals surface area contributed by atoms with Gasteiger partial charge >= 0.3 is 5.69 Å². The second-order valence-electron chi connectivity index (χ2n) is 5.83. The number of carbonyl (C=O) groups is 1. The molecule has 0 spiro atoms.